The van der Waals surface area contributed by atoms with E-state index in [1.807, 2.05) is 62.4 Å². The molecule has 132 valence electrons. The van der Waals surface area contributed by atoms with Gasteiger partial charge in [0, 0.05) is 18.3 Å². The van der Waals surface area contributed by atoms with Crippen molar-refractivity contribution >= 4 is 23.0 Å². The van der Waals surface area contributed by atoms with Crippen molar-refractivity contribution in [2.45, 2.75) is 26.5 Å². The Bertz CT molecular complexity index is 716. The van der Waals surface area contributed by atoms with Crippen LogP contribution in [0, 0.1) is 0 Å². The quantitative estimate of drug-likeness (QED) is 0.537. The van der Waals surface area contributed by atoms with E-state index in [2.05, 4.69) is 17.2 Å². The van der Waals surface area contributed by atoms with E-state index in [0.29, 0.717) is 18.3 Å². The van der Waals surface area contributed by atoms with E-state index in [1.165, 1.54) is 0 Å². The smallest absolute Gasteiger partial charge is 0.171 e. The van der Waals surface area contributed by atoms with Gasteiger partial charge in [-0.15, -0.1) is 0 Å². The molecule has 2 aromatic rings. The zero-order chi connectivity index (χ0) is 18.1. The largest absolute Gasteiger partial charge is 0.491 e. The van der Waals surface area contributed by atoms with Gasteiger partial charge in [0.15, 0.2) is 5.11 Å². The van der Waals surface area contributed by atoms with E-state index >= 15 is 0 Å². The zero-order valence-corrected chi connectivity index (χ0v) is 15.4. The van der Waals surface area contributed by atoms with Crippen LogP contribution in [-0.2, 0) is 6.54 Å². The van der Waals surface area contributed by atoms with Gasteiger partial charge >= 0.3 is 0 Å². The summed E-state index contributed by atoms with van der Waals surface area (Å²) < 4.78 is 11.2. The molecule has 2 rings (SSSR count). The van der Waals surface area contributed by atoms with Gasteiger partial charge in [-0.05, 0) is 55.9 Å². The number of thiocarbonyl (C=S) groups is 1. The average molecular weight is 356 g/mol. The fraction of sp³-hybridized carbons (Fsp3) is 0.250. The summed E-state index contributed by atoms with van der Waals surface area (Å²) in [6, 6.07) is 15.6. The number of hydrogen-bond acceptors (Lipinski definition) is 3. The highest BCUT2D eigenvalue weighted by atomic mass is 32.1. The van der Waals surface area contributed by atoms with Crippen LogP contribution in [0.2, 0.25) is 0 Å². The second kappa shape index (κ2) is 9.69. The van der Waals surface area contributed by atoms with Gasteiger partial charge in [0.2, 0.25) is 0 Å². The first-order chi connectivity index (χ1) is 12.1. The predicted octanol–water partition coefficient (Wildman–Crippen LogP) is 4.53. The monoisotopic (exact) mass is 356 g/mol. The first kappa shape index (κ1) is 18.8. The van der Waals surface area contributed by atoms with Gasteiger partial charge in [-0.2, -0.15) is 0 Å². The maximum atomic E-state index is 5.71. The third-order valence-electron chi connectivity index (χ3n) is 3.18. The number of ether oxygens (including phenoxy) is 2. The fourth-order valence-electron chi connectivity index (χ4n) is 2.18. The van der Waals surface area contributed by atoms with Gasteiger partial charge in [-0.3, -0.25) is 0 Å². The van der Waals surface area contributed by atoms with Crippen molar-refractivity contribution in [2.24, 2.45) is 0 Å². The summed E-state index contributed by atoms with van der Waals surface area (Å²) in [7, 11) is 0. The summed E-state index contributed by atoms with van der Waals surface area (Å²) >= 11 is 5.36. The average Bonchev–Trinajstić information content (AvgIpc) is 2.58. The van der Waals surface area contributed by atoms with Crippen LogP contribution >= 0.6 is 12.2 Å². The molecule has 0 aromatic heterocycles. The van der Waals surface area contributed by atoms with Crippen molar-refractivity contribution in [1.29, 1.82) is 0 Å². The topological polar surface area (TPSA) is 42.5 Å². The molecule has 4 nitrogen and oxygen atoms in total. The van der Waals surface area contributed by atoms with Gasteiger partial charge in [0.25, 0.3) is 0 Å². The summed E-state index contributed by atoms with van der Waals surface area (Å²) in [5.74, 6) is 1.63. The standard InChI is InChI=1S/C20H24N2O2S/c1-4-11-23-18-9-6-8-17(13-18)22-20(25)21-14-16-7-5-10-19(12-16)24-15(2)3/h4-10,12-13,15H,1,11,14H2,2-3H3,(H2,21,22,25). The minimum atomic E-state index is 0.154. The lowest BCUT2D eigenvalue weighted by molar-refractivity contribution is 0.242. The van der Waals surface area contributed by atoms with Gasteiger partial charge in [-0.1, -0.05) is 30.9 Å². The Kier molecular flexibility index (Phi) is 7.29. The Morgan fingerprint density at radius 2 is 1.92 bits per heavy atom. The van der Waals surface area contributed by atoms with E-state index < -0.39 is 0 Å². The summed E-state index contributed by atoms with van der Waals surface area (Å²) in [6.45, 7) is 8.75. The Labute approximate surface area is 154 Å². The maximum Gasteiger partial charge on any atom is 0.171 e. The first-order valence-corrected chi connectivity index (χ1v) is 8.62. The van der Waals surface area contributed by atoms with Crippen molar-refractivity contribution in [3.8, 4) is 11.5 Å². The summed E-state index contributed by atoms with van der Waals surface area (Å²) in [4.78, 5) is 0. The molecule has 0 fully saturated rings. The molecule has 0 bridgehead atoms. The van der Waals surface area contributed by atoms with Crippen molar-refractivity contribution < 1.29 is 9.47 Å². The van der Waals surface area contributed by atoms with Crippen molar-refractivity contribution in [3.63, 3.8) is 0 Å². The molecular weight excluding hydrogens is 332 g/mol. The van der Waals surface area contributed by atoms with Crippen LogP contribution in [0.4, 0.5) is 5.69 Å². The van der Waals surface area contributed by atoms with E-state index in [-0.39, 0.29) is 6.10 Å². The summed E-state index contributed by atoms with van der Waals surface area (Å²) in [5.41, 5.74) is 1.97. The normalized spacial score (nSPS) is 10.2. The van der Waals surface area contributed by atoms with Crippen LogP contribution in [0.25, 0.3) is 0 Å². The second-order valence-corrected chi connectivity index (χ2v) is 6.16. The van der Waals surface area contributed by atoms with Crippen LogP contribution in [0.1, 0.15) is 19.4 Å². The minimum Gasteiger partial charge on any atom is -0.491 e. The molecule has 0 atom stereocenters. The third-order valence-corrected chi connectivity index (χ3v) is 3.43. The van der Waals surface area contributed by atoms with Crippen LogP contribution in [0.15, 0.2) is 61.2 Å². The number of nitrogens with one attached hydrogen (secondary N) is 2. The van der Waals surface area contributed by atoms with Crippen LogP contribution in [-0.4, -0.2) is 17.8 Å². The van der Waals surface area contributed by atoms with Crippen molar-refractivity contribution in [3.05, 3.63) is 66.7 Å². The number of hydrogen-bond donors (Lipinski definition) is 2. The molecule has 2 aromatic carbocycles. The third kappa shape index (κ3) is 6.85. The van der Waals surface area contributed by atoms with Crippen LogP contribution in [0.5, 0.6) is 11.5 Å². The highest BCUT2D eigenvalue weighted by Crippen LogP contribution is 2.18. The first-order valence-electron chi connectivity index (χ1n) is 8.21. The fourth-order valence-corrected chi connectivity index (χ4v) is 2.37. The Morgan fingerprint density at radius 1 is 1.16 bits per heavy atom. The second-order valence-electron chi connectivity index (χ2n) is 5.75. The SMILES string of the molecule is C=CCOc1cccc(NC(=S)NCc2cccc(OC(C)C)c2)c1. The van der Waals surface area contributed by atoms with Crippen molar-refractivity contribution in [1.82, 2.24) is 5.32 Å². The minimum absolute atomic E-state index is 0.154. The van der Waals surface area contributed by atoms with E-state index in [9.17, 15) is 0 Å². The molecule has 0 amide bonds. The Hall–Kier alpha value is -2.53. The number of rotatable bonds is 8. The van der Waals surface area contributed by atoms with Crippen molar-refractivity contribution in [2.75, 3.05) is 11.9 Å². The molecule has 0 saturated carbocycles. The van der Waals surface area contributed by atoms with Gasteiger partial charge in [-0.25, -0.2) is 0 Å². The van der Waals surface area contributed by atoms with Crippen LogP contribution in [0.3, 0.4) is 0 Å². The molecule has 0 aliphatic rings. The summed E-state index contributed by atoms with van der Waals surface area (Å²) in [6.07, 6.45) is 1.87. The molecule has 5 heteroatoms. The molecule has 25 heavy (non-hydrogen) atoms. The molecule has 0 heterocycles. The lowest BCUT2D eigenvalue weighted by Crippen LogP contribution is -2.27. The number of anilines is 1. The molecule has 0 unspecified atom stereocenters. The Morgan fingerprint density at radius 3 is 2.68 bits per heavy atom. The molecule has 0 radical (unpaired) electrons. The van der Waals surface area contributed by atoms with Crippen LogP contribution < -0.4 is 20.1 Å². The zero-order valence-electron chi connectivity index (χ0n) is 14.6. The van der Waals surface area contributed by atoms with Gasteiger partial charge in [0.05, 0.1) is 6.10 Å². The molecule has 2 N–H and O–H groups in total. The summed E-state index contributed by atoms with van der Waals surface area (Å²) in [5, 5.41) is 6.91. The number of benzene rings is 2. The van der Waals surface area contributed by atoms with E-state index in [0.717, 1.165) is 22.7 Å². The van der Waals surface area contributed by atoms with E-state index in [1.54, 1.807) is 6.08 Å². The lowest BCUT2D eigenvalue weighted by atomic mass is 10.2. The molecule has 0 spiro atoms. The lowest BCUT2D eigenvalue weighted by Gasteiger charge is -2.13. The molecule has 0 aliphatic heterocycles. The van der Waals surface area contributed by atoms with Gasteiger partial charge < -0.3 is 20.1 Å². The highest BCUT2D eigenvalue weighted by Gasteiger charge is 2.02. The predicted molar refractivity (Wildman–Crippen MR) is 107 cm³/mol. The molecule has 0 aliphatic carbocycles. The molecular formula is C20H24N2O2S. The van der Waals surface area contributed by atoms with E-state index in [4.69, 9.17) is 21.7 Å². The Balaban J connectivity index is 1.87. The molecule has 0 saturated heterocycles. The maximum absolute atomic E-state index is 5.71. The van der Waals surface area contributed by atoms with Gasteiger partial charge in [0.1, 0.15) is 18.1 Å². The highest BCUT2D eigenvalue weighted by molar-refractivity contribution is 7.80.